The molecule has 0 fully saturated rings. The minimum Gasteiger partial charge on any atom is -0.357 e. The van der Waals surface area contributed by atoms with Gasteiger partial charge in [0, 0.05) is 18.5 Å². The Labute approximate surface area is 119 Å². The van der Waals surface area contributed by atoms with Crippen LogP contribution >= 0.6 is 34.5 Å². The maximum Gasteiger partial charge on any atom is 0.228 e. The number of aromatic nitrogens is 3. The SMILES string of the molecule is CNc1nc(Cl)nc(NCCc2ccc(Cl)s2)n1. The largest absolute Gasteiger partial charge is 0.357 e. The second-order valence-corrected chi connectivity index (χ2v) is 5.52. The summed E-state index contributed by atoms with van der Waals surface area (Å²) in [6.07, 6.45) is 0.857. The van der Waals surface area contributed by atoms with Gasteiger partial charge in [-0.05, 0) is 30.2 Å². The van der Waals surface area contributed by atoms with Crippen molar-refractivity contribution >= 4 is 46.4 Å². The number of nitrogens with one attached hydrogen (secondary N) is 2. The van der Waals surface area contributed by atoms with Crippen molar-refractivity contribution in [2.24, 2.45) is 0 Å². The molecule has 0 unspecified atom stereocenters. The first-order valence-electron chi connectivity index (χ1n) is 5.25. The standard InChI is InChI=1S/C10H11Cl2N5S/c1-13-9-15-8(12)16-10(17-9)14-5-4-6-2-3-7(11)18-6/h2-3H,4-5H2,1H3,(H2,13,14,15,16,17). The third-order valence-corrected chi connectivity index (χ3v) is 3.58. The zero-order valence-corrected chi connectivity index (χ0v) is 11.9. The van der Waals surface area contributed by atoms with E-state index in [2.05, 4.69) is 25.6 Å². The van der Waals surface area contributed by atoms with Crippen molar-refractivity contribution in [3.8, 4) is 0 Å². The van der Waals surface area contributed by atoms with Crippen LogP contribution in [0.5, 0.6) is 0 Å². The third-order valence-electron chi connectivity index (χ3n) is 2.12. The highest BCUT2D eigenvalue weighted by atomic mass is 35.5. The lowest BCUT2D eigenvalue weighted by Crippen LogP contribution is -2.09. The van der Waals surface area contributed by atoms with E-state index >= 15 is 0 Å². The molecule has 0 atom stereocenters. The van der Waals surface area contributed by atoms with E-state index in [0.717, 1.165) is 10.8 Å². The Morgan fingerprint density at radius 1 is 1.17 bits per heavy atom. The van der Waals surface area contributed by atoms with Gasteiger partial charge in [0.25, 0.3) is 0 Å². The lowest BCUT2D eigenvalue weighted by atomic mass is 10.3. The highest BCUT2D eigenvalue weighted by Crippen LogP contribution is 2.21. The summed E-state index contributed by atoms with van der Waals surface area (Å²) < 4.78 is 0.797. The molecule has 18 heavy (non-hydrogen) atoms. The van der Waals surface area contributed by atoms with E-state index in [0.29, 0.717) is 18.4 Å². The Hall–Kier alpha value is -1.11. The lowest BCUT2D eigenvalue weighted by molar-refractivity contribution is 0.974. The fraction of sp³-hybridized carbons (Fsp3) is 0.300. The number of halogens is 2. The maximum absolute atomic E-state index is 5.86. The monoisotopic (exact) mass is 303 g/mol. The normalized spacial score (nSPS) is 10.4. The van der Waals surface area contributed by atoms with E-state index in [1.807, 2.05) is 12.1 Å². The quantitative estimate of drug-likeness (QED) is 0.889. The lowest BCUT2D eigenvalue weighted by Gasteiger charge is -2.05. The number of hydrogen-bond acceptors (Lipinski definition) is 6. The van der Waals surface area contributed by atoms with Crippen LogP contribution in [0.25, 0.3) is 0 Å². The highest BCUT2D eigenvalue weighted by Gasteiger charge is 2.03. The van der Waals surface area contributed by atoms with Gasteiger partial charge in [0.2, 0.25) is 17.2 Å². The Kier molecular flexibility index (Phi) is 4.57. The molecule has 0 aromatic carbocycles. The number of hydrogen-bond donors (Lipinski definition) is 2. The average Bonchev–Trinajstić information content (AvgIpc) is 2.74. The smallest absolute Gasteiger partial charge is 0.228 e. The minimum absolute atomic E-state index is 0.163. The predicted octanol–water partition coefficient (Wildman–Crippen LogP) is 2.94. The van der Waals surface area contributed by atoms with Crippen molar-refractivity contribution in [1.82, 2.24) is 15.0 Å². The molecule has 0 amide bonds. The minimum atomic E-state index is 0.163. The summed E-state index contributed by atoms with van der Waals surface area (Å²) in [5.74, 6) is 0.902. The molecule has 96 valence electrons. The summed E-state index contributed by atoms with van der Waals surface area (Å²) in [5.41, 5.74) is 0. The number of thiophene rings is 1. The Morgan fingerprint density at radius 2 is 1.94 bits per heavy atom. The molecule has 0 spiro atoms. The van der Waals surface area contributed by atoms with Gasteiger partial charge < -0.3 is 10.6 Å². The van der Waals surface area contributed by atoms with Crippen LogP contribution in [0.15, 0.2) is 12.1 Å². The molecule has 2 rings (SSSR count). The zero-order chi connectivity index (χ0) is 13.0. The van der Waals surface area contributed by atoms with Crippen molar-refractivity contribution in [2.75, 3.05) is 24.2 Å². The molecule has 0 aliphatic carbocycles. The van der Waals surface area contributed by atoms with Crippen LogP contribution in [0.4, 0.5) is 11.9 Å². The van der Waals surface area contributed by atoms with Crippen LogP contribution in [0.2, 0.25) is 9.62 Å². The second-order valence-electron chi connectivity index (χ2n) is 3.38. The predicted molar refractivity (Wildman–Crippen MR) is 75.9 cm³/mol. The first-order valence-corrected chi connectivity index (χ1v) is 6.82. The molecular weight excluding hydrogens is 293 g/mol. The number of nitrogens with zero attached hydrogens (tertiary/aromatic N) is 3. The van der Waals surface area contributed by atoms with Crippen LogP contribution in [-0.4, -0.2) is 28.5 Å². The van der Waals surface area contributed by atoms with E-state index in [-0.39, 0.29) is 5.28 Å². The fourth-order valence-corrected chi connectivity index (χ4v) is 2.57. The molecule has 0 aliphatic heterocycles. The average molecular weight is 304 g/mol. The van der Waals surface area contributed by atoms with E-state index in [1.54, 1.807) is 18.4 Å². The van der Waals surface area contributed by atoms with Gasteiger partial charge >= 0.3 is 0 Å². The molecule has 0 saturated carbocycles. The summed E-state index contributed by atoms with van der Waals surface area (Å²) in [5, 5.41) is 6.08. The van der Waals surface area contributed by atoms with Gasteiger partial charge in [-0.25, -0.2) is 0 Å². The highest BCUT2D eigenvalue weighted by molar-refractivity contribution is 7.16. The summed E-state index contributed by atoms with van der Waals surface area (Å²) >= 11 is 13.2. The van der Waals surface area contributed by atoms with E-state index in [9.17, 15) is 0 Å². The van der Waals surface area contributed by atoms with Crippen LogP contribution in [0.1, 0.15) is 4.88 Å². The molecule has 0 aliphatic rings. The Balaban J connectivity index is 1.91. The van der Waals surface area contributed by atoms with Gasteiger partial charge in [-0.2, -0.15) is 15.0 Å². The third kappa shape index (κ3) is 3.69. The molecule has 0 saturated heterocycles. The molecule has 0 radical (unpaired) electrons. The van der Waals surface area contributed by atoms with Crippen molar-refractivity contribution in [2.45, 2.75) is 6.42 Å². The molecule has 5 nitrogen and oxygen atoms in total. The second kappa shape index (κ2) is 6.17. The van der Waals surface area contributed by atoms with E-state index < -0.39 is 0 Å². The topological polar surface area (TPSA) is 62.7 Å². The summed E-state index contributed by atoms with van der Waals surface area (Å²) in [6, 6.07) is 3.90. The summed E-state index contributed by atoms with van der Waals surface area (Å²) in [4.78, 5) is 13.2. The van der Waals surface area contributed by atoms with Crippen molar-refractivity contribution in [3.63, 3.8) is 0 Å². The maximum atomic E-state index is 5.86. The van der Waals surface area contributed by atoms with E-state index in [1.165, 1.54) is 4.88 Å². The van der Waals surface area contributed by atoms with Crippen molar-refractivity contribution in [1.29, 1.82) is 0 Å². The van der Waals surface area contributed by atoms with Gasteiger partial charge in [-0.15, -0.1) is 11.3 Å². The number of anilines is 2. The molecular formula is C10H11Cl2N5S. The van der Waals surface area contributed by atoms with Crippen molar-refractivity contribution in [3.05, 3.63) is 26.6 Å². The molecule has 2 heterocycles. The molecule has 2 aromatic rings. The van der Waals surface area contributed by atoms with Gasteiger partial charge in [0.1, 0.15) is 0 Å². The van der Waals surface area contributed by atoms with Gasteiger partial charge in [0.15, 0.2) is 0 Å². The van der Waals surface area contributed by atoms with Crippen LogP contribution in [0.3, 0.4) is 0 Å². The van der Waals surface area contributed by atoms with E-state index in [4.69, 9.17) is 23.2 Å². The summed E-state index contributed by atoms with van der Waals surface area (Å²) in [6.45, 7) is 0.709. The molecule has 0 bridgehead atoms. The van der Waals surface area contributed by atoms with Gasteiger partial charge in [-0.1, -0.05) is 11.6 Å². The number of rotatable bonds is 5. The Bertz CT molecular complexity index is 531. The molecule has 2 aromatic heterocycles. The van der Waals surface area contributed by atoms with Gasteiger partial charge in [0.05, 0.1) is 4.34 Å². The first-order chi connectivity index (χ1) is 8.67. The fourth-order valence-electron chi connectivity index (χ4n) is 1.32. The van der Waals surface area contributed by atoms with Gasteiger partial charge in [-0.3, -0.25) is 0 Å². The van der Waals surface area contributed by atoms with Crippen molar-refractivity contribution < 1.29 is 0 Å². The summed E-state index contributed by atoms with van der Waals surface area (Å²) in [7, 11) is 1.73. The molecule has 2 N–H and O–H groups in total. The zero-order valence-electron chi connectivity index (χ0n) is 9.57. The first kappa shape index (κ1) is 13.3. The van der Waals surface area contributed by atoms with Crippen LogP contribution in [0, 0.1) is 0 Å². The Morgan fingerprint density at radius 3 is 2.61 bits per heavy atom. The molecule has 8 heteroatoms. The van der Waals surface area contributed by atoms with Crippen LogP contribution < -0.4 is 10.6 Å². The van der Waals surface area contributed by atoms with Crippen LogP contribution in [-0.2, 0) is 6.42 Å².